The van der Waals surface area contributed by atoms with Crippen LogP contribution in [0, 0.1) is 0 Å². The number of carbonyl (C=O) groups excluding carboxylic acids is 1. The summed E-state index contributed by atoms with van der Waals surface area (Å²) in [7, 11) is 1.74. The molecular weight excluding hydrogens is 461 g/mol. The molecule has 0 saturated carbocycles. The molecule has 0 spiro atoms. The lowest BCUT2D eigenvalue weighted by atomic mass is 10.2. The molecule has 172 valence electrons. The van der Waals surface area contributed by atoms with Crippen molar-refractivity contribution in [2.75, 3.05) is 18.6 Å². The summed E-state index contributed by atoms with van der Waals surface area (Å²) in [5, 5.41) is 6.89. The number of anilines is 1. The number of hydrogen-bond donors (Lipinski definition) is 1. The number of alkyl halides is 3. The highest BCUT2D eigenvalue weighted by atomic mass is 32.1. The molecule has 0 aliphatic carbocycles. The van der Waals surface area contributed by atoms with Gasteiger partial charge in [0.2, 0.25) is 5.82 Å². The summed E-state index contributed by atoms with van der Waals surface area (Å²) in [6.45, 7) is 0.307. The Kier molecular flexibility index (Phi) is 6.14. The summed E-state index contributed by atoms with van der Waals surface area (Å²) in [6, 6.07) is 8.21. The van der Waals surface area contributed by atoms with Gasteiger partial charge in [-0.1, -0.05) is 24.4 Å². The first-order chi connectivity index (χ1) is 15.7. The lowest BCUT2D eigenvalue weighted by Gasteiger charge is -2.22. The minimum Gasteiger partial charge on any atom is -0.487 e. The molecule has 0 saturated heterocycles. The summed E-state index contributed by atoms with van der Waals surface area (Å²) >= 11 is 5.48. The predicted octanol–water partition coefficient (Wildman–Crippen LogP) is 2.57. The highest BCUT2D eigenvalue weighted by Crippen LogP contribution is 2.28. The third kappa shape index (κ3) is 5.37. The maximum Gasteiger partial charge on any atom is 0.573 e. The number of pyridine rings is 1. The molecule has 1 amide bonds. The van der Waals surface area contributed by atoms with E-state index in [1.165, 1.54) is 35.3 Å². The molecule has 3 heterocycles. The van der Waals surface area contributed by atoms with Gasteiger partial charge >= 0.3 is 6.36 Å². The van der Waals surface area contributed by atoms with Crippen LogP contribution >= 0.6 is 12.2 Å². The quantitative estimate of drug-likeness (QED) is 0.560. The van der Waals surface area contributed by atoms with E-state index in [1.54, 1.807) is 30.3 Å². The summed E-state index contributed by atoms with van der Waals surface area (Å²) in [4.78, 5) is 23.0. The highest BCUT2D eigenvalue weighted by molar-refractivity contribution is 7.80. The van der Waals surface area contributed by atoms with Crippen LogP contribution in [0.15, 0.2) is 48.9 Å². The molecular formula is C20H17F3N6O3S. The Morgan fingerprint density at radius 3 is 2.76 bits per heavy atom. The molecule has 1 unspecified atom stereocenters. The molecule has 1 aliphatic heterocycles. The van der Waals surface area contributed by atoms with Crippen molar-refractivity contribution in [3.8, 4) is 11.5 Å². The summed E-state index contributed by atoms with van der Waals surface area (Å²) in [5.74, 6) is 0.138. The summed E-state index contributed by atoms with van der Waals surface area (Å²) in [6.07, 6.45) is -1.79. The van der Waals surface area contributed by atoms with Gasteiger partial charge in [0.1, 0.15) is 29.7 Å². The molecule has 1 atom stereocenters. The Bertz CT molecular complexity index is 1170. The number of carbonyl (C=O) groups is 1. The zero-order chi connectivity index (χ0) is 23.6. The predicted molar refractivity (Wildman–Crippen MR) is 114 cm³/mol. The number of nitrogens with one attached hydrogen (secondary N) is 1. The van der Waals surface area contributed by atoms with Crippen molar-refractivity contribution in [1.29, 1.82) is 0 Å². The van der Waals surface area contributed by atoms with E-state index < -0.39 is 18.3 Å². The fraction of sp³-hybridized carbons (Fsp3) is 0.250. The molecule has 0 bridgehead atoms. The van der Waals surface area contributed by atoms with Crippen LogP contribution in [0.1, 0.15) is 16.2 Å². The average Bonchev–Trinajstić information content (AvgIpc) is 3.20. The highest BCUT2D eigenvalue weighted by Gasteiger charge is 2.31. The number of nitrogens with zero attached hydrogens (tertiary/aromatic N) is 5. The third-order valence-corrected chi connectivity index (χ3v) is 5.21. The van der Waals surface area contributed by atoms with E-state index in [0.717, 1.165) is 0 Å². The average molecular weight is 478 g/mol. The van der Waals surface area contributed by atoms with Gasteiger partial charge in [0.25, 0.3) is 5.91 Å². The van der Waals surface area contributed by atoms with Crippen molar-refractivity contribution in [3.63, 3.8) is 0 Å². The minimum atomic E-state index is -4.76. The largest absolute Gasteiger partial charge is 0.573 e. The SMILES string of the molecule is CN1C(=S)C(NC(=O)c2ncn(Cc3ccc(OC(F)(F)F)cc3)n2)COc2cccnc21. The monoisotopic (exact) mass is 478 g/mol. The van der Waals surface area contributed by atoms with Gasteiger partial charge < -0.3 is 19.7 Å². The second-order valence-corrected chi connectivity index (χ2v) is 7.44. The first kappa shape index (κ1) is 22.5. The molecule has 9 nitrogen and oxygen atoms in total. The Labute approximate surface area is 191 Å². The molecule has 0 fully saturated rings. The molecule has 33 heavy (non-hydrogen) atoms. The van der Waals surface area contributed by atoms with Gasteiger partial charge in [-0.3, -0.25) is 4.79 Å². The number of hydrogen-bond acceptors (Lipinski definition) is 7. The van der Waals surface area contributed by atoms with Crippen molar-refractivity contribution < 1.29 is 27.4 Å². The number of amides is 1. The normalized spacial score (nSPS) is 15.9. The van der Waals surface area contributed by atoms with E-state index in [0.29, 0.717) is 22.1 Å². The van der Waals surface area contributed by atoms with Crippen molar-refractivity contribution in [2.45, 2.75) is 18.9 Å². The minimum absolute atomic E-state index is 0.0858. The number of thiocarbonyl (C=S) groups is 1. The summed E-state index contributed by atoms with van der Waals surface area (Å²) < 4.78 is 47.8. The zero-order valence-electron chi connectivity index (χ0n) is 17.1. The number of ether oxygens (including phenoxy) is 2. The zero-order valence-corrected chi connectivity index (χ0v) is 17.9. The Morgan fingerprint density at radius 1 is 1.27 bits per heavy atom. The van der Waals surface area contributed by atoms with Gasteiger partial charge in [-0.05, 0) is 29.8 Å². The molecule has 4 rings (SSSR count). The van der Waals surface area contributed by atoms with Crippen LogP contribution in [0.25, 0.3) is 0 Å². The first-order valence-electron chi connectivity index (χ1n) is 9.60. The number of aromatic nitrogens is 4. The smallest absolute Gasteiger partial charge is 0.487 e. The van der Waals surface area contributed by atoms with Crippen LogP contribution in [0.2, 0.25) is 0 Å². The van der Waals surface area contributed by atoms with Crippen LogP contribution < -0.4 is 19.7 Å². The van der Waals surface area contributed by atoms with E-state index in [4.69, 9.17) is 17.0 Å². The van der Waals surface area contributed by atoms with Gasteiger partial charge in [-0.2, -0.15) is 0 Å². The maximum atomic E-state index is 12.7. The van der Waals surface area contributed by atoms with Crippen molar-refractivity contribution in [2.24, 2.45) is 0 Å². The van der Waals surface area contributed by atoms with Gasteiger partial charge in [-0.15, -0.1) is 18.3 Å². The fourth-order valence-corrected chi connectivity index (χ4v) is 3.33. The molecule has 0 radical (unpaired) electrons. The Morgan fingerprint density at radius 2 is 2.03 bits per heavy atom. The van der Waals surface area contributed by atoms with E-state index in [2.05, 4.69) is 25.1 Å². The molecule has 1 aromatic carbocycles. The van der Waals surface area contributed by atoms with E-state index in [-0.39, 0.29) is 24.7 Å². The van der Waals surface area contributed by atoms with E-state index in [1.807, 2.05) is 0 Å². The van der Waals surface area contributed by atoms with Crippen LogP contribution in [-0.2, 0) is 6.54 Å². The molecule has 2 aromatic heterocycles. The second kappa shape index (κ2) is 9.02. The summed E-state index contributed by atoms with van der Waals surface area (Å²) in [5.41, 5.74) is 0.645. The topological polar surface area (TPSA) is 94.4 Å². The van der Waals surface area contributed by atoms with Gasteiger partial charge in [0.15, 0.2) is 11.6 Å². The first-order valence-corrected chi connectivity index (χ1v) is 10.0. The number of fused-ring (bicyclic) bond motifs is 1. The lowest BCUT2D eigenvalue weighted by Crippen LogP contribution is -2.48. The van der Waals surface area contributed by atoms with Gasteiger partial charge in [-0.25, -0.2) is 14.6 Å². The number of halogens is 3. The fourth-order valence-electron chi connectivity index (χ4n) is 3.11. The number of likely N-dealkylation sites (N-methyl/N-ethyl adjacent to an activating group) is 1. The van der Waals surface area contributed by atoms with Crippen molar-refractivity contribution >= 4 is 28.9 Å². The van der Waals surface area contributed by atoms with E-state index >= 15 is 0 Å². The van der Waals surface area contributed by atoms with E-state index in [9.17, 15) is 18.0 Å². The van der Waals surface area contributed by atoms with Crippen molar-refractivity contribution in [1.82, 2.24) is 25.1 Å². The van der Waals surface area contributed by atoms with Crippen LogP contribution in [0.4, 0.5) is 19.0 Å². The van der Waals surface area contributed by atoms with Gasteiger partial charge in [0, 0.05) is 13.2 Å². The Balaban J connectivity index is 1.39. The Hall–Kier alpha value is -3.74. The molecule has 13 heteroatoms. The number of benzene rings is 1. The van der Waals surface area contributed by atoms with Crippen LogP contribution in [0.5, 0.6) is 11.5 Å². The van der Waals surface area contributed by atoms with Gasteiger partial charge in [0.05, 0.1) is 6.54 Å². The molecule has 3 aromatic rings. The standard InChI is InChI=1S/C20H17F3N6O3S/c1-28-17-15(3-2-8-24-17)31-10-14(19(28)33)26-18(30)16-25-11-29(27-16)9-12-4-6-13(7-5-12)32-20(21,22)23/h2-8,11,14H,9-10H2,1H3,(H,26,30). The number of rotatable bonds is 5. The molecule has 1 aliphatic rings. The molecule has 1 N–H and O–H groups in total. The van der Waals surface area contributed by atoms with Crippen LogP contribution in [-0.4, -0.2) is 56.7 Å². The lowest BCUT2D eigenvalue weighted by molar-refractivity contribution is -0.274. The second-order valence-electron chi connectivity index (χ2n) is 7.02. The van der Waals surface area contributed by atoms with Crippen molar-refractivity contribution in [3.05, 3.63) is 60.3 Å². The van der Waals surface area contributed by atoms with Crippen LogP contribution in [0.3, 0.4) is 0 Å². The maximum absolute atomic E-state index is 12.7. The third-order valence-electron chi connectivity index (χ3n) is 4.65.